The minimum atomic E-state index is -0.944. The molecular formula is C26H23N3O4S. The van der Waals surface area contributed by atoms with E-state index in [1.165, 1.54) is 11.8 Å². The second-order valence-corrected chi connectivity index (χ2v) is 8.24. The van der Waals surface area contributed by atoms with Crippen molar-refractivity contribution >= 4 is 35.2 Å². The van der Waals surface area contributed by atoms with Gasteiger partial charge in [-0.25, -0.2) is 4.79 Å². The van der Waals surface area contributed by atoms with Gasteiger partial charge in [-0.1, -0.05) is 60.7 Å². The van der Waals surface area contributed by atoms with Crippen LogP contribution in [0.2, 0.25) is 0 Å². The Labute approximate surface area is 202 Å². The number of amides is 2. The average Bonchev–Trinajstić information content (AvgIpc) is 2.88. The number of benzene rings is 3. The predicted molar refractivity (Wildman–Crippen MR) is 131 cm³/mol. The number of nitriles is 1. The van der Waals surface area contributed by atoms with Gasteiger partial charge in [-0.15, -0.1) is 0 Å². The number of para-hydroxylation sites is 1. The molecular weight excluding hydrogens is 450 g/mol. The summed E-state index contributed by atoms with van der Waals surface area (Å²) in [6.45, 7) is -0.542. The molecule has 1 atom stereocenters. The van der Waals surface area contributed by atoms with Gasteiger partial charge in [-0.2, -0.15) is 17.0 Å². The third kappa shape index (κ3) is 7.50. The van der Waals surface area contributed by atoms with E-state index in [0.717, 1.165) is 5.56 Å². The largest absolute Gasteiger partial charge is 0.454 e. The first-order valence-corrected chi connectivity index (χ1v) is 11.7. The second kappa shape index (κ2) is 12.8. The first-order chi connectivity index (χ1) is 16.6. The summed E-state index contributed by atoms with van der Waals surface area (Å²) in [7, 11) is 0. The van der Waals surface area contributed by atoms with Gasteiger partial charge >= 0.3 is 5.97 Å². The van der Waals surface area contributed by atoms with Crippen molar-refractivity contribution in [3.05, 3.63) is 102 Å². The lowest BCUT2D eigenvalue weighted by Crippen LogP contribution is -2.44. The summed E-state index contributed by atoms with van der Waals surface area (Å²) in [5, 5.41) is 14.4. The SMILES string of the molecule is N#Cc1ccccc1NC(=O)COC(=O)[C@H](CSCc1ccccc1)NC(=O)c1ccccc1. The number of anilines is 1. The summed E-state index contributed by atoms with van der Waals surface area (Å²) in [5.41, 5.74) is 2.13. The number of carbonyl (C=O) groups is 3. The van der Waals surface area contributed by atoms with Crippen LogP contribution >= 0.6 is 11.8 Å². The molecule has 0 aliphatic carbocycles. The zero-order valence-electron chi connectivity index (χ0n) is 18.3. The van der Waals surface area contributed by atoms with Crippen LogP contribution in [-0.2, 0) is 20.1 Å². The topological polar surface area (TPSA) is 108 Å². The standard InChI is InChI=1S/C26H23N3O4S/c27-15-21-13-7-8-14-22(21)28-24(30)16-33-26(32)23(18-34-17-19-9-3-1-4-10-19)29-25(31)20-11-5-2-6-12-20/h1-14,23H,16-18H2,(H,28,30)(H,29,31)/t23-/m0/s1. The molecule has 3 aromatic carbocycles. The summed E-state index contributed by atoms with van der Waals surface area (Å²) in [4.78, 5) is 37.6. The Morgan fingerprint density at radius 2 is 1.56 bits per heavy atom. The maximum Gasteiger partial charge on any atom is 0.330 e. The Balaban J connectivity index is 1.59. The molecule has 0 heterocycles. The van der Waals surface area contributed by atoms with Crippen LogP contribution in [0.25, 0.3) is 0 Å². The third-order valence-corrected chi connectivity index (χ3v) is 5.80. The first-order valence-electron chi connectivity index (χ1n) is 10.5. The fourth-order valence-electron chi connectivity index (χ4n) is 2.98. The molecule has 3 aromatic rings. The lowest BCUT2D eigenvalue weighted by atomic mass is 10.2. The number of ether oxygens (including phenoxy) is 1. The van der Waals surface area contributed by atoms with Gasteiger partial charge in [-0.05, 0) is 29.8 Å². The summed E-state index contributed by atoms with van der Waals surface area (Å²) in [5.74, 6) is -0.785. The molecule has 0 radical (unpaired) electrons. The fourth-order valence-corrected chi connectivity index (χ4v) is 3.98. The molecule has 0 aliphatic rings. The molecule has 7 nitrogen and oxygen atoms in total. The van der Waals surface area contributed by atoms with Crippen molar-refractivity contribution in [2.24, 2.45) is 0 Å². The van der Waals surface area contributed by atoms with E-state index in [0.29, 0.717) is 22.6 Å². The highest BCUT2D eigenvalue weighted by atomic mass is 32.2. The van der Waals surface area contributed by atoms with Gasteiger partial charge in [0.1, 0.15) is 12.1 Å². The van der Waals surface area contributed by atoms with Gasteiger partial charge in [-0.3, -0.25) is 9.59 Å². The quantitative estimate of drug-likeness (QED) is 0.434. The van der Waals surface area contributed by atoms with E-state index in [-0.39, 0.29) is 5.75 Å². The lowest BCUT2D eigenvalue weighted by Gasteiger charge is -2.18. The molecule has 0 spiro atoms. The normalized spacial score (nSPS) is 11.0. The zero-order valence-corrected chi connectivity index (χ0v) is 19.1. The molecule has 0 aliphatic heterocycles. The van der Waals surface area contributed by atoms with E-state index in [2.05, 4.69) is 10.6 Å². The van der Waals surface area contributed by atoms with Crippen molar-refractivity contribution in [3.63, 3.8) is 0 Å². The lowest BCUT2D eigenvalue weighted by molar-refractivity contribution is -0.148. The summed E-state index contributed by atoms with van der Waals surface area (Å²) in [6, 6.07) is 25.9. The molecule has 0 fully saturated rings. The van der Waals surface area contributed by atoms with Crippen molar-refractivity contribution in [2.45, 2.75) is 11.8 Å². The maximum atomic E-state index is 12.7. The van der Waals surface area contributed by atoms with Crippen molar-refractivity contribution in [1.29, 1.82) is 5.26 Å². The maximum absolute atomic E-state index is 12.7. The van der Waals surface area contributed by atoms with Crippen LogP contribution in [0.1, 0.15) is 21.5 Å². The van der Waals surface area contributed by atoms with Crippen LogP contribution in [0.5, 0.6) is 0 Å². The minimum absolute atomic E-state index is 0.269. The van der Waals surface area contributed by atoms with Crippen LogP contribution in [0, 0.1) is 11.3 Å². The average molecular weight is 474 g/mol. The predicted octanol–water partition coefficient (Wildman–Crippen LogP) is 3.77. The van der Waals surface area contributed by atoms with Crippen molar-refractivity contribution in [3.8, 4) is 6.07 Å². The Morgan fingerprint density at radius 1 is 0.912 bits per heavy atom. The number of esters is 1. The third-order valence-electron chi connectivity index (χ3n) is 4.69. The van der Waals surface area contributed by atoms with Crippen molar-refractivity contribution in [1.82, 2.24) is 5.32 Å². The van der Waals surface area contributed by atoms with Crippen LogP contribution in [0.4, 0.5) is 5.69 Å². The van der Waals surface area contributed by atoms with E-state index in [4.69, 9.17) is 10.00 Å². The Hall–Kier alpha value is -4.09. The second-order valence-electron chi connectivity index (χ2n) is 7.21. The molecule has 0 saturated carbocycles. The first kappa shape index (κ1) is 24.6. The number of thioether (sulfide) groups is 1. The highest BCUT2D eigenvalue weighted by Crippen LogP contribution is 2.15. The van der Waals surface area contributed by atoms with E-state index < -0.39 is 30.4 Å². The number of rotatable bonds is 10. The molecule has 2 amide bonds. The van der Waals surface area contributed by atoms with Gasteiger partial charge in [0.15, 0.2) is 6.61 Å². The molecule has 0 bridgehead atoms. The number of hydrogen-bond acceptors (Lipinski definition) is 6. The Kier molecular flexibility index (Phi) is 9.26. The van der Waals surface area contributed by atoms with Gasteiger partial charge in [0.25, 0.3) is 11.8 Å². The summed E-state index contributed by atoms with van der Waals surface area (Å²) >= 11 is 1.47. The fraction of sp³-hybridized carbons (Fsp3) is 0.154. The van der Waals surface area contributed by atoms with Crippen LogP contribution in [0.3, 0.4) is 0 Å². The highest BCUT2D eigenvalue weighted by Gasteiger charge is 2.24. The van der Waals surface area contributed by atoms with Crippen LogP contribution in [0.15, 0.2) is 84.9 Å². The van der Waals surface area contributed by atoms with Crippen LogP contribution in [-0.4, -0.2) is 36.2 Å². The molecule has 172 valence electrons. The van der Waals surface area contributed by atoms with Gasteiger partial charge < -0.3 is 15.4 Å². The monoisotopic (exact) mass is 473 g/mol. The number of carbonyl (C=O) groups excluding carboxylic acids is 3. The number of nitrogens with zero attached hydrogens (tertiary/aromatic N) is 1. The minimum Gasteiger partial charge on any atom is -0.454 e. The Morgan fingerprint density at radius 3 is 2.26 bits per heavy atom. The number of nitrogens with one attached hydrogen (secondary N) is 2. The van der Waals surface area contributed by atoms with E-state index >= 15 is 0 Å². The van der Waals surface area contributed by atoms with E-state index in [1.54, 1.807) is 54.6 Å². The van der Waals surface area contributed by atoms with Crippen LogP contribution < -0.4 is 10.6 Å². The smallest absolute Gasteiger partial charge is 0.330 e. The number of hydrogen-bond donors (Lipinski definition) is 2. The van der Waals surface area contributed by atoms with E-state index in [1.807, 2.05) is 36.4 Å². The summed E-state index contributed by atoms with van der Waals surface area (Å²) < 4.78 is 5.19. The molecule has 2 N–H and O–H groups in total. The van der Waals surface area contributed by atoms with Crippen molar-refractivity contribution < 1.29 is 19.1 Å². The van der Waals surface area contributed by atoms with E-state index in [9.17, 15) is 14.4 Å². The summed E-state index contributed by atoms with van der Waals surface area (Å²) in [6.07, 6.45) is 0. The van der Waals surface area contributed by atoms with Gasteiger partial charge in [0.2, 0.25) is 0 Å². The van der Waals surface area contributed by atoms with Crippen molar-refractivity contribution in [2.75, 3.05) is 17.7 Å². The van der Waals surface area contributed by atoms with Gasteiger partial charge in [0, 0.05) is 17.1 Å². The zero-order chi connectivity index (χ0) is 24.2. The molecule has 0 saturated heterocycles. The molecule has 3 rings (SSSR count). The Bertz CT molecular complexity index is 1160. The molecule has 0 unspecified atom stereocenters. The molecule has 34 heavy (non-hydrogen) atoms. The highest BCUT2D eigenvalue weighted by molar-refractivity contribution is 7.98. The molecule has 8 heteroatoms. The molecule has 0 aromatic heterocycles. The van der Waals surface area contributed by atoms with Gasteiger partial charge in [0.05, 0.1) is 11.3 Å².